The van der Waals surface area contributed by atoms with Gasteiger partial charge in [-0.05, 0) is 24.6 Å². The van der Waals surface area contributed by atoms with Crippen LogP contribution < -0.4 is 11.1 Å². The molecule has 0 saturated carbocycles. The fourth-order valence-corrected chi connectivity index (χ4v) is 4.22. The van der Waals surface area contributed by atoms with E-state index < -0.39 is 0 Å². The number of fused-ring (bicyclic) bond motifs is 1. The van der Waals surface area contributed by atoms with Crippen LogP contribution in [0, 0.1) is 11.3 Å². The Kier molecular flexibility index (Phi) is 5.53. The second-order valence-corrected chi connectivity index (χ2v) is 8.15. The van der Waals surface area contributed by atoms with Gasteiger partial charge in [-0.15, -0.1) is 11.3 Å². The highest BCUT2D eigenvalue weighted by Gasteiger charge is 2.12. The van der Waals surface area contributed by atoms with Crippen molar-refractivity contribution in [2.45, 2.75) is 12.8 Å². The Balaban J connectivity index is 1.52. The van der Waals surface area contributed by atoms with Gasteiger partial charge in [0, 0.05) is 42.1 Å². The molecule has 0 fully saturated rings. The third-order valence-corrected chi connectivity index (χ3v) is 5.82. The van der Waals surface area contributed by atoms with E-state index in [9.17, 15) is 0 Å². The predicted molar refractivity (Wildman–Crippen MR) is 116 cm³/mol. The van der Waals surface area contributed by atoms with Gasteiger partial charge < -0.3 is 15.5 Å². The number of nitrogens with one attached hydrogen (secondary N) is 1. The zero-order chi connectivity index (χ0) is 20.4. The summed E-state index contributed by atoms with van der Waals surface area (Å²) in [6.45, 7) is 0.661. The zero-order valence-electron chi connectivity index (χ0n) is 15.1. The van der Waals surface area contributed by atoms with Crippen LogP contribution in [0.1, 0.15) is 16.3 Å². The molecule has 146 valence electrons. The van der Waals surface area contributed by atoms with E-state index in [1.165, 1.54) is 11.3 Å². The number of nitrogens with two attached hydrogens (primary N) is 1. The van der Waals surface area contributed by atoms with Crippen molar-refractivity contribution in [3.63, 3.8) is 0 Å². The minimum Gasteiger partial charge on any atom is -0.382 e. The predicted octanol–water partition coefficient (Wildman–Crippen LogP) is 4.66. The molecule has 0 aliphatic carbocycles. The van der Waals surface area contributed by atoms with E-state index in [2.05, 4.69) is 21.4 Å². The van der Waals surface area contributed by atoms with Gasteiger partial charge in [0.1, 0.15) is 10.9 Å². The molecule has 0 radical (unpaired) electrons. The van der Waals surface area contributed by atoms with Gasteiger partial charge in [-0.3, -0.25) is 0 Å². The van der Waals surface area contributed by atoms with Crippen LogP contribution in [-0.4, -0.2) is 25.9 Å². The molecule has 3 heterocycles. The van der Waals surface area contributed by atoms with Crippen molar-refractivity contribution >= 4 is 51.8 Å². The second-order valence-electron chi connectivity index (χ2n) is 6.22. The molecule has 0 aliphatic heterocycles. The Bertz CT molecular complexity index is 1230. The molecular formula is C19H15Cl2N7S. The monoisotopic (exact) mass is 443 g/mol. The molecule has 0 saturated heterocycles. The molecule has 3 aromatic heterocycles. The number of benzene rings is 1. The number of anilines is 2. The molecule has 1 aromatic carbocycles. The average molecular weight is 444 g/mol. The average Bonchev–Trinajstić information content (AvgIpc) is 3.31. The van der Waals surface area contributed by atoms with Crippen LogP contribution in [0.25, 0.3) is 16.9 Å². The smallest absolute Gasteiger partial charge is 0.180 e. The molecule has 0 unspecified atom stereocenters. The fraction of sp³-hybridized carbons (Fsp3) is 0.158. The molecule has 29 heavy (non-hydrogen) atoms. The molecular weight excluding hydrogens is 429 g/mol. The first-order valence-electron chi connectivity index (χ1n) is 8.73. The largest absolute Gasteiger partial charge is 0.382 e. The van der Waals surface area contributed by atoms with Gasteiger partial charge in [-0.2, -0.15) is 5.26 Å². The van der Waals surface area contributed by atoms with Crippen molar-refractivity contribution in [2.75, 3.05) is 17.6 Å². The molecule has 0 spiro atoms. The summed E-state index contributed by atoms with van der Waals surface area (Å²) in [7, 11) is 0. The number of nitrogen functional groups attached to an aromatic ring is 1. The third kappa shape index (κ3) is 4.12. The number of rotatable bonds is 6. The van der Waals surface area contributed by atoms with E-state index in [4.69, 9.17) is 39.2 Å². The van der Waals surface area contributed by atoms with Gasteiger partial charge >= 0.3 is 0 Å². The van der Waals surface area contributed by atoms with Gasteiger partial charge in [0.05, 0.1) is 15.7 Å². The molecule has 3 N–H and O–H groups in total. The number of hydrogen-bond donors (Lipinski definition) is 2. The van der Waals surface area contributed by atoms with Gasteiger partial charge in [-0.25, -0.2) is 15.0 Å². The minimum atomic E-state index is 0.300. The van der Waals surface area contributed by atoms with E-state index in [0.717, 1.165) is 29.1 Å². The molecule has 0 aliphatic rings. The lowest BCUT2D eigenvalue weighted by Gasteiger charge is -2.11. The van der Waals surface area contributed by atoms with Gasteiger partial charge in [0.2, 0.25) is 0 Å². The standard InChI is InChI=1S/C19H15Cl2N7S/c20-11-3-4-12(13(21)8-11)14-10-28-7-6-25-19(28)18(26-14)24-5-1-2-16-27-17(23)15(9-22)29-16/h3-4,6-8,10H,1-2,5,23H2,(H,24,26). The van der Waals surface area contributed by atoms with Crippen molar-refractivity contribution in [1.82, 2.24) is 19.4 Å². The topological polar surface area (TPSA) is 105 Å². The number of nitriles is 1. The summed E-state index contributed by atoms with van der Waals surface area (Å²) >= 11 is 13.7. The highest BCUT2D eigenvalue weighted by molar-refractivity contribution is 7.12. The van der Waals surface area contributed by atoms with Crippen LogP contribution in [-0.2, 0) is 6.42 Å². The lowest BCUT2D eigenvalue weighted by atomic mass is 10.1. The van der Waals surface area contributed by atoms with Crippen LogP contribution in [0.5, 0.6) is 0 Å². The molecule has 4 aromatic rings. The Morgan fingerprint density at radius 1 is 1.28 bits per heavy atom. The Morgan fingerprint density at radius 2 is 2.14 bits per heavy atom. The number of hydrogen-bond acceptors (Lipinski definition) is 7. The summed E-state index contributed by atoms with van der Waals surface area (Å²) < 4.78 is 1.90. The van der Waals surface area contributed by atoms with Crippen LogP contribution >= 0.6 is 34.5 Å². The summed E-state index contributed by atoms with van der Waals surface area (Å²) in [5, 5.41) is 14.3. The fourth-order valence-electron chi connectivity index (χ4n) is 2.89. The van der Waals surface area contributed by atoms with Crippen LogP contribution in [0.15, 0.2) is 36.8 Å². The molecule has 4 rings (SSSR count). The minimum absolute atomic E-state index is 0.300. The quantitative estimate of drug-likeness (QED) is 0.419. The number of nitrogens with zero attached hydrogens (tertiary/aromatic N) is 5. The van der Waals surface area contributed by atoms with Crippen molar-refractivity contribution < 1.29 is 0 Å². The van der Waals surface area contributed by atoms with Gasteiger partial charge in [0.15, 0.2) is 17.3 Å². The van der Waals surface area contributed by atoms with E-state index in [1.54, 1.807) is 18.3 Å². The van der Waals surface area contributed by atoms with Gasteiger partial charge in [0.25, 0.3) is 0 Å². The van der Waals surface area contributed by atoms with Crippen LogP contribution in [0.3, 0.4) is 0 Å². The van der Waals surface area contributed by atoms with E-state index in [0.29, 0.717) is 38.8 Å². The number of halogens is 2. The maximum atomic E-state index is 8.98. The maximum absolute atomic E-state index is 8.98. The first-order valence-corrected chi connectivity index (χ1v) is 10.3. The number of imidazole rings is 1. The second kappa shape index (κ2) is 8.25. The van der Waals surface area contributed by atoms with Crippen LogP contribution in [0.4, 0.5) is 11.6 Å². The highest BCUT2D eigenvalue weighted by atomic mass is 35.5. The summed E-state index contributed by atoms with van der Waals surface area (Å²) in [6, 6.07) is 7.38. The number of aromatic nitrogens is 4. The summed E-state index contributed by atoms with van der Waals surface area (Å²) in [5.74, 6) is 0.962. The summed E-state index contributed by atoms with van der Waals surface area (Å²) in [4.78, 5) is 13.8. The summed E-state index contributed by atoms with van der Waals surface area (Å²) in [5.41, 5.74) is 7.94. The lowest BCUT2D eigenvalue weighted by Crippen LogP contribution is -2.07. The lowest BCUT2D eigenvalue weighted by molar-refractivity contribution is 0.851. The van der Waals surface area contributed by atoms with Crippen molar-refractivity contribution in [1.29, 1.82) is 5.26 Å². The van der Waals surface area contributed by atoms with Gasteiger partial charge in [-0.1, -0.05) is 23.2 Å². The van der Waals surface area contributed by atoms with E-state index in [-0.39, 0.29) is 0 Å². The summed E-state index contributed by atoms with van der Waals surface area (Å²) in [6.07, 6.45) is 6.98. The van der Waals surface area contributed by atoms with E-state index in [1.807, 2.05) is 22.9 Å². The maximum Gasteiger partial charge on any atom is 0.180 e. The third-order valence-electron chi connectivity index (χ3n) is 4.24. The molecule has 0 bridgehead atoms. The highest BCUT2D eigenvalue weighted by Crippen LogP contribution is 2.30. The van der Waals surface area contributed by atoms with Crippen LogP contribution in [0.2, 0.25) is 10.0 Å². The first-order chi connectivity index (χ1) is 14.0. The van der Waals surface area contributed by atoms with Crippen molar-refractivity contribution in [2.24, 2.45) is 0 Å². The molecule has 10 heteroatoms. The van der Waals surface area contributed by atoms with Crippen molar-refractivity contribution in [3.8, 4) is 17.3 Å². The molecule has 0 atom stereocenters. The molecule has 0 amide bonds. The number of thiazole rings is 1. The Labute approximate surface area is 180 Å². The Hall–Kier alpha value is -2.86. The molecule has 7 nitrogen and oxygen atoms in total. The normalized spacial score (nSPS) is 10.9. The SMILES string of the molecule is N#Cc1sc(CCCNc2nc(-c3ccc(Cl)cc3Cl)cn3ccnc23)nc1N. The first kappa shape index (κ1) is 19.5. The Morgan fingerprint density at radius 3 is 2.90 bits per heavy atom. The number of aryl methyl sites for hydroxylation is 1. The van der Waals surface area contributed by atoms with Crippen molar-refractivity contribution in [3.05, 3.63) is 56.7 Å². The van der Waals surface area contributed by atoms with E-state index >= 15 is 0 Å². The zero-order valence-corrected chi connectivity index (χ0v) is 17.4.